The molecule has 0 fully saturated rings. The van der Waals surface area contributed by atoms with Crippen molar-refractivity contribution in [3.8, 4) is 0 Å². The van der Waals surface area contributed by atoms with Gasteiger partial charge in [0.15, 0.2) is 0 Å². The van der Waals surface area contributed by atoms with Crippen LogP contribution in [0.15, 0.2) is 0 Å². The van der Waals surface area contributed by atoms with Gasteiger partial charge >= 0.3 is 33.5 Å². The van der Waals surface area contributed by atoms with Gasteiger partial charge in [0.25, 0.3) is 0 Å². The Morgan fingerprint density at radius 2 is 1.14 bits per heavy atom. The van der Waals surface area contributed by atoms with Crippen molar-refractivity contribution < 1.29 is 22.2 Å². The molecule has 0 atom stereocenters. The first-order chi connectivity index (χ1) is 2.00. The van der Waals surface area contributed by atoms with E-state index in [0.29, 0.717) is 0 Å². The lowest BCUT2D eigenvalue weighted by molar-refractivity contribution is 0.381. The third kappa shape index (κ3) is 427. The van der Waals surface area contributed by atoms with Gasteiger partial charge in [-0.3, -0.25) is 13.8 Å². The number of rotatable bonds is 0. The third-order valence-corrected chi connectivity index (χ3v) is 0. The van der Waals surface area contributed by atoms with Crippen LogP contribution in [-0.4, -0.2) is 40.6 Å². The molecule has 0 aliphatic carbocycles. The van der Waals surface area contributed by atoms with Gasteiger partial charge in [-0.2, -0.15) is 8.42 Å². The standard InChI is InChI=1S/FH.Mg.H2O4S.2H/c;;1-5(2,3)4;;/h1H;;(H2,1,2,3,4);;. The topological polar surface area (TPSA) is 74.6 Å². The maximum Gasteiger partial charge on any atom is 0.394 e. The van der Waals surface area contributed by atoms with Crippen molar-refractivity contribution in [1.82, 2.24) is 0 Å². The summed E-state index contributed by atoms with van der Waals surface area (Å²) >= 11 is 0. The van der Waals surface area contributed by atoms with Gasteiger partial charge in [-0.05, 0) is 0 Å². The first-order valence-corrected chi connectivity index (χ1v) is 2.10. The zero-order valence-corrected chi connectivity index (χ0v) is 3.34. The van der Waals surface area contributed by atoms with Crippen LogP contribution in [0.5, 0.6) is 0 Å². The summed E-state index contributed by atoms with van der Waals surface area (Å²) in [5.74, 6) is 0. The molecule has 2 N–H and O–H groups in total. The summed E-state index contributed by atoms with van der Waals surface area (Å²) in [7, 11) is -4.67. The summed E-state index contributed by atoms with van der Waals surface area (Å²) in [6.45, 7) is 0. The van der Waals surface area contributed by atoms with Gasteiger partial charge < -0.3 is 0 Å². The molecule has 0 aliphatic rings. The predicted octanol–water partition coefficient (Wildman–Crippen LogP) is -1.42. The summed E-state index contributed by atoms with van der Waals surface area (Å²) in [5, 5.41) is 0. The molecule has 0 aromatic rings. The van der Waals surface area contributed by atoms with Crippen molar-refractivity contribution in [2.24, 2.45) is 0 Å². The van der Waals surface area contributed by atoms with Crippen LogP contribution in [0.2, 0.25) is 0 Å². The van der Waals surface area contributed by atoms with E-state index in [2.05, 4.69) is 0 Å². The quantitative estimate of drug-likeness (QED) is 0.323. The molecule has 7 heteroatoms. The van der Waals surface area contributed by atoms with Gasteiger partial charge in [0.05, 0.1) is 0 Å². The van der Waals surface area contributed by atoms with Gasteiger partial charge in [-0.25, -0.2) is 0 Å². The Bertz CT molecular complexity index is 94.9. The minimum absolute atomic E-state index is 0. The van der Waals surface area contributed by atoms with E-state index in [1.807, 2.05) is 0 Å². The molecule has 0 saturated carbocycles. The van der Waals surface area contributed by atoms with Crippen molar-refractivity contribution in [3.63, 3.8) is 0 Å². The average molecular weight is 144 g/mol. The Morgan fingerprint density at radius 1 is 1.14 bits per heavy atom. The Hall–Kier alpha value is 0.566. The smallest absolute Gasteiger partial charge is 0.269 e. The van der Waals surface area contributed by atoms with E-state index < -0.39 is 10.4 Å². The van der Waals surface area contributed by atoms with E-state index in [0.717, 1.165) is 0 Å². The Morgan fingerprint density at radius 3 is 1.14 bits per heavy atom. The van der Waals surface area contributed by atoms with E-state index in [9.17, 15) is 0 Å². The minimum Gasteiger partial charge on any atom is -0.269 e. The van der Waals surface area contributed by atoms with Crippen molar-refractivity contribution >= 4 is 33.5 Å². The zero-order chi connectivity index (χ0) is 4.50. The summed E-state index contributed by atoms with van der Waals surface area (Å²) in [5.41, 5.74) is 0. The SMILES string of the molecule is F.O=S(=O)(O)O.[MgH2]. The van der Waals surface area contributed by atoms with E-state index >= 15 is 0 Å². The molecule has 44 valence electrons. The molecular weight excluding hydrogens is 139 g/mol. The summed E-state index contributed by atoms with van der Waals surface area (Å²) < 4.78 is 31.6. The molecule has 0 amide bonds. The Kier molecular flexibility index (Phi) is 10.5. The molecule has 0 bridgehead atoms. The Labute approximate surface area is 56.0 Å². The molecule has 0 aromatic carbocycles. The van der Waals surface area contributed by atoms with Crippen LogP contribution in [0.25, 0.3) is 0 Å². The van der Waals surface area contributed by atoms with E-state index in [1.54, 1.807) is 0 Å². The van der Waals surface area contributed by atoms with Crippen molar-refractivity contribution in [2.75, 3.05) is 0 Å². The molecule has 0 unspecified atom stereocenters. The molecule has 4 nitrogen and oxygen atoms in total. The zero-order valence-electron chi connectivity index (χ0n) is 2.53. The highest BCUT2D eigenvalue weighted by Gasteiger charge is 1.84. The molecule has 0 aliphatic heterocycles. The molecule has 0 rings (SSSR count). The van der Waals surface area contributed by atoms with Gasteiger partial charge in [0.2, 0.25) is 0 Å². The number of hydrogen-bond donors (Lipinski definition) is 2. The Balaban J connectivity index is -0.0000000800. The molecular formula is H5FMgO4S. The first-order valence-electron chi connectivity index (χ1n) is 0.698. The highest BCUT2D eigenvalue weighted by Crippen LogP contribution is 1.59. The van der Waals surface area contributed by atoms with Crippen molar-refractivity contribution in [2.45, 2.75) is 0 Å². The van der Waals surface area contributed by atoms with Crippen LogP contribution in [0, 0.1) is 0 Å². The molecule has 0 heterocycles. The highest BCUT2D eigenvalue weighted by molar-refractivity contribution is 7.79. The fourth-order valence-electron chi connectivity index (χ4n) is 0. The van der Waals surface area contributed by atoms with Gasteiger partial charge in [-0.1, -0.05) is 0 Å². The molecule has 0 spiro atoms. The lowest BCUT2D eigenvalue weighted by Crippen LogP contribution is -1.89. The van der Waals surface area contributed by atoms with Crippen LogP contribution >= 0.6 is 0 Å². The summed E-state index contributed by atoms with van der Waals surface area (Å²) in [6.07, 6.45) is 0. The van der Waals surface area contributed by atoms with Crippen LogP contribution in [-0.2, 0) is 10.4 Å². The molecule has 0 saturated heterocycles. The number of hydrogen-bond acceptors (Lipinski definition) is 2. The second kappa shape index (κ2) is 4.72. The number of halogens is 1. The molecule has 0 aromatic heterocycles. The maximum atomic E-state index is 8.74. The van der Waals surface area contributed by atoms with Gasteiger partial charge in [0, 0.05) is 0 Å². The van der Waals surface area contributed by atoms with E-state index in [1.165, 1.54) is 0 Å². The van der Waals surface area contributed by atoms with E-state index in [-0.39, 0.29) is 27.8 Å². The predicted molar refractivity (Wildman–Crippen MR) is 25.2 cm³/mol. The molecule has 0 radical (unpaired) electrons. The van der Waals surface area contributed by atoms with Crippen LogP contribution in [0.3, 0.4) is 0 Å². The third-order valence-electron chi connectivity index (χ3n) is 0. The monoisotopic (exact) mass is 144 g/mol. The second-order valence-corrected chi connectivity index (χ2v) is 1.34. The summed E-state index contributed by atoms with van der Waals surface area (Å²) in [6, 6.07) is 0. The van der Waals surface area contributed by atoms with Gasteiger partial charge in [0.1, 0.15) is 0 Å². The van der Waals surface area contributed by atoms with E-state index in [4.69, 9.17) is 17.5 Å². The highest BCUT2D eigenvalue weighted by atomic mass is 32.3. The van der Waals surface area contributed by atoms with Crippen LogP contribution < -0.4 is 0 Å². The van der Waals surface area contributed by atoms with Crippen molar-refractivity contribution in [3.05, 3.63) is 0 Å². The maximum absolute atomic E-state index is 8.74. The van der Waals surface area contributed by atoms with Crippen molar-refractivity contribution in [1.29, 1.82) is 0 Å². The summed E-state index contributed by atoms with van der Waals surface area (Å²) in [4.78, 5) is 0. The molecule has 7 heavy (non-hydrogen) atoms. The lowest BCUT2D eigenvalue weighted by atomic mass is 15.8. The fourth-order valence-corrected chi connectivity index (χ4v) is 0. The lowest BCUT2D eigenvalue weighted by Gasteiger charge is -1.68. The van der Waals surface area contributed by atoms with Crippen LogP contribution in [0.4, 0.5) is 4.70 Å². The van der Waals surface area contributed by atoms with Crippen LogP contribution in [0.1, 0.15) is 0 Å². The second-order valence-electron chi connectivity index (χ2n) is 0.448. The fraction of sp³-hybridized carbons (Fsp3) is 0. The minimum atomic E-state index is -4.67. The largest absolute Gasteiger partial charge is 0.394 e. The normalized spacial score (nSPS) is 8.29. The van der Waals surface area contributed by atoms with Gasteiger partial charge in [-0.15, -0.1) is 0 Å². The first kappa shape index (κ1) is 15.6. The average Bonchev–Trinajstić information content (AvgIpc) is 0.722.